The minimum Gasteiger partial charge on any atom is -0.497 e. The molecular weight excluding hydrogens is 422 g/mol. The average molecular weight is 447 g/mol. The Hall–Kier alpha value is -4.08. The molecule has 0 fully saturated rings. The van der Waals surface area contributed by atoms with Crippen molar-refractivity contribution in [2.75, 3.05) is 12.4 Å². The zero-order valence-corrected chi connectivity index (χ0v) is 18.9. The number of carbonyl (C=O) groups excluding carboxylic acids is 1. The van der Waals surface area contributed by atoms with Crippen LogP contribution in [0.4, 0.5) is 5.82 Å². The molecule has 33 heavy (non-hydrogen) atoms. The Labute approximate surface area is 191 Å². The van der Waals surface area contributed by atoms with Crippen LogP contribution in [0, 0.1) is 0 Å². The molecule has 10 nitrogen and oxygen atoms in total. The summed E-state index contributed by atoms with van der Waals surface area (Å²) in [4.78, 5) is 25.5. The van der Waals surface area contributed by atoms with Crippen molar-refractivity contribution in [1.82, 2.24) is 29.9 Å². The lowest BCUT2D eigenvalue weighted by Crippen LogP contribution is -2.16. The van der Waals surface area contributed by atoms with Gasteiger partial charge in [-0.2, -0.15) is 14.8 Å². The van der Waals surface area contributed by atoms with Crippen LogP contribution in [0.2, 0.25) is 0 Å². The molecule has 0 saturated carbocycles. The summed E-state index contributed by atoms with van der Waals surface area (Å²) < 4.78 is 12.0. The number of aryl methyl sites for hydroxylation is 1. The molecule has 0 unspecified atom stereocenters. The lowest BCUT2D eigenvalue weighted by Gasteiger charge is -2.13. The van der Waals surface area contributed by atoms with E-state index in [0.29, 0.717) is 29.9 Å². The van der Waals surface area contributed by atoms with Gasteiger partial charge >= 0.3 is 0 Å². The number of carbonyl (C=O) groups is 1. The highest BCUT2D eigenvalue weighted by atomic mass is 16.5. The third-order valence-corrected chi connectivity index (χ3v) is 4.87. The van der Waals surface area contributed by atoms with Crippen LogP contribution < -0.4 is 10.1 Å². The van der Waals surface area contributed by atoms with Crippen molar-refractivity contribution < 1.29 is 14.1 Å². The first kappa shape index (κ1) is 22.1. The standard InChI is InChI=1S/C23H25N7O3/c1-23(2,3)17-14-18(30(28-17)22-24-12-5-13-25-22)26-19(31)10-11-20-27-21(29-33-20)15-6-8-16(32-4)9-7-15/h5-9,12-14H,10-11H2,1-4H3,(H,26,31). The minimum atomic E-state index is -0.211. The number of hydrogen-bond acceptors (Lipinski definition) is 8. The molecule has 10 heteroatoms. The fourth-order valence-electron chi connectivity index (χ4n) is 3.03. The zero-order chi connectivity index (χ0) is 23.4. The van der Waals surface area contributed by atoms with Gasteiger partial charge in [0.15, 0.2) is 0 Å². The summed E-state index contributed by atoms with van der Waals surface area (Å²) in [5, 5.41) is 11.5. The molecule has 170 valence electrons. The number of nitrogens with zero attached hydrogens (tertiary/aromatic N) is 6. The van der Waals surface area contributed by atoms with Gasteiger partial charge in [-0.15, -0.1) is 0 Å². The minimum absolute atomic E-state index is 0.163. The summed E-state index contributed by atoms with van der Waals surface area (Å²) in [7, 11) is 1.61. The molecule has 3 aromatic heterocycles. The van der Waals surface area contributed by atoms with E-state index in [1.807, 2.05) is 51.1 Å². The van der Waals surface area contributed by atoms with E-state index in [1.165, 1.54) is 4.68 Å². The maximum atomic E-state index is 12.7. The Bertz CT molecular complexity index is 1230. The van der Waals surface area contributed by atoms with Crippen molar-refractivity contribution in [3.05, 3.63) is 60.4 Å². The second-order valence-electron chi connectivity index (χ2n) is 8.41. The quantitative estimate of drug-likeness (QED) is 0.456. The molecule has 3 heterocycles. The topological polar surface area (TPSA) is 121 Å². The van der Waals surface area contributed by atoms with Crippen LogP contribution in [0.25, 0.3) is 17.3 Å². The van der Waals surface area contributed by atoms with Gasteiger partial charge in [-0.1, -0.05) is 25.9 Å². The van der Waals surface area contributed by atoms with Gasteiger partial charge in [0.05, 0.1) is 12.8 Å². The number of amides is 1. The van der Waals surface area contributed by atoms with Crippen LogP contribution in [0.1, 0.15) is 38.8 Å². The Morgan fingerprint density at radius 1 is 1.15 bits per heavy atom. The Kier molecular flexibility index (Phi) is 6.16. The molecule has 0 aliphatic carbocycles. The highest BCUT2D eigenvalue weighted by molar-refractivity contribution is 5.90. The van der Waals surface area contributed by atoms with Crippen molar-refractivity contribution in [2.45, 2.75) is 39.0 Å². The number of hydrogen-bond donors (Lipinski definition) is 1. The molecule has 0 atom stereocenters. The lowest BCUT2D eigenvalue weighted by atomic mass is 9.92. The Morgan fingerprint density at radius 2 is 1.88 bits per heavy atom. The van der Waals surface area contributed by atoms with E-state index in [2.05, 4.69) is 30.5 Å². The van der Waals surface area contributed by atoms with Crippen LogP contribution in [0.5, 0.6) is 5.75 Å². The fraction of sp³-hybridized carbons (Fsp3) is 0.304. The molecule has 1 aromatic carbocycles. The van der Waals surface area contributed by atoms with Gasteiger partial charge in [-0.05, 0) is 30.3 Å². The van der Waals surface area contributed by atoms with Gasteiger partial charge in [-0.25, -0.2) is 9.97 Å². The number of aromatic nitrogens is 6. The van der Waals surface area contributed by atoms with Crippen molar-refractivity contribution >= 4 is 11.7 Å². The maximum Gasteiger partial charge on any atom is 0.252 e. The molecule has 0 saturated heterocycles. The van der Waals surface area contributed by atoms with Gasteiger partial charge in [0.25, 0.3) is 5.95 Å². The monoisotopic (exact) mass is 447 g/mol. The highest BCUT2D eigenvalue weighted by Gasteiger charge is 2.22. The van der Waals surface area contributed by atoms with Crippen LogP contribution in [-0.4, -0.2) is 42.9 Å². The van der Waals surface area contributed by atoms with Gasteiger partial charge in [-0.3, -0.25) is 4.79 Å². The summed E-state index contributed by atoms with van der Waals surface area (Å²) in [5.41, 5.74) is 1.41. The van der Waals surface area contributed by atoms with Crippen molar-refractivity contribution in [3.8, 4) is 23.1 Å². The first-order chi connectivity index (χ1) is 15.8. The summed E-state index contributed by atoms with van der Waals surface area (Å²) in [6.07, 6.45) is 3.72. The molecule has 0 aliphatic rings. The molecule has 1 amide bonds. The zero-order valence-electron chi connectivity index (χ0n) is 18.9. The molecule has 0 aliphatic heterocycles. The van der Waals surface area contributed by atoms with Crippen LogP contribution >= 0.6 is 0 Å². The molecular formula is C23H25N7O3. The summed E-state index contributed by atoms with van der Waals surface area (Å²) in [6.45, 7) is 6.15. The molecule has 0 bridgehead atoms. The van der Waals surface area contributed by atoms with E-state index in [1.54, 1.807) is 25.6 Å². The second kappa shape index (κ2) is 9.19. The number of nitrogens with one attached hydrogen (secondary N) is 1. The third-order valence-electron chi connectivity index (χ3n) is 4.87. The average Bonchev–Trinajstić information content (AvgIpc) is 3.46. The van der Waals surface area contributed by atoms with E-state index < -0.39 is 0 Å². The van der Waals surface area contributed by atoms with Gasteiger partial charge < -0.3 is 14.6 Å². The first-order valence-electron chi connectivity index (χ1n) is 10.5. The third kappa shape index (κ3) is 5.22. The van der Waals surface area contributed by atoms with Crippen molar-refractivity contribution in [2.24, 2.45) is 0 Å². The van der Waals surface area contributed by atoms with Gasteiger partial charge in [0.1, 0.15) is 11.6 Å². The predicted octanol–water partition coefficient (Wildman–Crippen LogP) is 3.59. The molecule has 0 spiro atoms. The van der Waals surface area contributed by atoms with Crippen LogP contribution in [0.15, 0.2) is 53.3 Å². The van der Waals surface area contributed by atoms with Gasteiger partial charge in [0.2, 0.25) is 17.6 Å². The van der Waals surface area contributed by atoms with E-state index in [4.69, 9.17) is 9.26 Å². The predicted molar refractivity (Wildman–Crippen MR) is 121 cm³/mol. The molecule has 4 rings (SSSR count). The molecule has 1 N–H and O–H groups in total. The summed E-state index contributed by atoms with van der Waals surface area (Å²) in [6, 6.07) is 10.9. The highest BCUT2D eigenvalue weighted by Crippen LogP contribution is 2.25. The van der Waals surface area contributed by atoms with Crippen molar-refractivity contribution in [3.63, 3.8) is 0 Å². The second-order valence-corrected chi connectivity index (χ2v) is 8.41. The lowest BCUT2D eigenvalue weighted by molar-refractivity contribution is -0.116. The number of benzene rings is 1. The normalized spacial score (nSPS) is 11.4. The number of anilines is 1. The van der Waals surface area contributed by atoms with E-state index in [9.17, 15) is 4.79 Å². The molecule has 0 radical (unpaired) electrons. The van der Waals surface area contributed by atoms with E-state index >= 15 is 0 Å². The Morgan fingerprint density at radius 3 is 2.55 bits per heavy atom. The smallest absolute Gasteiger partial charge is 0.252 e. The number of methoxy groups -OCH3 is 1. The first-order valence-corrected chi connectivity index (χ1v) is 10.5. The van der Waals surface area contributed by atoms with Gasteiger partial charge in [0, 0.05) is 42.3 Å². The number of ether oxygens (including phenoxy) is 1. The number of rotatable bonds is 7. The summed E-state index contributed by atoms with van der Waals surface area (Å²) >= 11 is 0. The maximum absolute atomic E-state index is 12.7. The Balaban J connectivity index is 1.44. The fourth-order valence-corrected chi connectivity index (χ4v) is 3.03. The van der Waals surface area contributed by atoms with E-state index in [0.717, 1.165) is 17.0 Å². The summed E-state index contributed by atoms with van der Waals surface area (Å²) in [5.74, 6) is 2.25. The SMILES string of the molecule is COc1ccc(-c2noc(CCC(=O)Nc3cc(C(C)(C)C)nn3-c3ncccn3)n2)cc1. The van der Waals surface area contributed by atoms with Crippen LogP contribution in [0.3, 0.4) is 0 Å². The largest absolute Gasteiger partial charge is 0.497 e. The van der Waals surface area contributed by atoms with E-state index in [-0.39, 0.29) is 17.7 Å². The molecule has 4 aromatic rings. The van der Waals surface area contributed by atoms with Crippen molar-refractivity contribution in [1.29, 1.82) is 0 Å². The van der Waals surface area contributed by atoms with Crippen LogP contribution in [-0.2, 0) is 16.6 Å².